The lowest BCUT2D eigenvalue weighted by atomic mass is 9.97. The standard InChI is InChI=1S/C23H23ClN2O3S/c1-17-7-6-10-19(15-17)23(18-8-4-3-5-9-18)25-22(27)16-26(2)30(28,29)21-13-11-20(24)12-14-21/h3-15,23H,16H2,1-2H3,(H,25,27)/t23-/m1/s1. The first-order chi connectivity index (χ1) is 14.3. The second kappa shape index (κ2) is 9.43. The van der Waals surface area contributed by atoms with Crippen LogP contribution in [0.25, 0.3) is 0 Å². The van der Waals surface area contributed by atoms with E-state index in [1.165, 1.54) is 31.3 Å². The van der Waals surface area contributed by atoms with Crippen LogP contribution in [0, 0.1) is 6.92 Å². The Kier molecular flexibility index (Phi) is 6.92. The fourth-order valence-electron chi connectivity index (χ4n) is 3.13. The number of carbonyl (C=O) groups excluding carboxylic acids is 1. The number of amides is 1. The van der Waals surface area contributed by atoms with Crippen LogP contribution in [0.5, 0.6) is 0 Å². The van der Waals surface area contributed by atoms with Gasteiger partial charge in [0.25, 0.3) is 0 Å². The average Bonchev–Trinajstić information content (AvgIpc) is 2.73. The highest BCUT2D eigenvalue weighted by molar-refractivity contribution is 7.89. The van der Waals surface area contributed by atoms with Gasteiger partial charge in [-0.3, -0.25) is 4.79 Å². The predicted molar refractivity (Wildman–Crippen MR) is 119 cm³/mol. The monoisotopic (exact) mass is 442 g/mol. The third kappa shape index (κ3) is 5.27. The molecule has 0 aromatic heterocycles. The van der Waals surface area contributed by atoms with E-state index in [0.29, 0.717) is 5.02 Å². The van der Waals surface area contributed by atoms with Crippen LogP contribution in [-0.2, 0) is 14.8 Å². The number of aryl methyl sites for hydroxylation is 1. The molecular formula is C23H23ClN2O3S. The molecule has 1 amide bonds. The number of halogens is 1. The van der Waals surface area contributed by atoms with Gasteiger partial charge in [-0.25, -0.2) is 8.42 Å². The van der Waals surface area contributed by atoms with Crippen molar-refractivity contribution in [3.8, 4) is 0 Å². The number of carbonyl (C=O) groups is 1. The van der Waals surface area contributed by atoms with Gasteiger partial charge in [0, 0.05) is 12.1 Å². The third-order valence-corrected chi connectivity index (χ3v) is 6.77. The lowest BCUT2D eigenvalue weighted by Gasteiger charge is -2.22. The third-order valence-electron chi connectivity index (χ3n) is 4.70. The van der Waals surface area contributed by atoms with Crippen LogP contribution >= 0.6 is 11.6 Å². The molecule has 0 saturated heterocycles. The number of hydrogen-bond donors (Lipinski definition) is 1. The number of nitrogens with one attached hydrogen (secondary N) is 1. The highest BCUT2D eigenvalue weighted by Gasteiger charge is 2.24. The molecular weight excluding hydrogens is 420 g/mol. The summed E-state index contributed by atoms with van der Waals surface area (Å²) in [5.41, 5.74) is 2.92. The van der Waals surface area contributed by atoms with Crippen molar-refractivity contribution in [2.45, 2.75) is 17.9 Å². The fourth-order valence-corrected chi connectivity index (χ4v) is 4.39. The molecule has 0 aliphatic carbocycles. The first-order valence-electron chi connectivity index (χ1n) is 9.40. The minimum absolute atomic E-state index is 0.0838. The molecule has 0 aliphatic heterocycles. The molecule has 30 heavy (non-hydrogen) atoms. The maximum absolute atomic E-state index is 12.8. The molecule has 1 atom stereocenters. The molecule has 0 aliphatic rings. The smallest absolute Gasteiger partial charge is 0.243 e. The minimum atomic E-state index is -3.81. The molecule has 0 unspecified atom stereocenters. The van der Waals surface area contributed by atoms with Gasteiger partial charge in [0.15, 0.2) is 0 Å². The highest BCUT2D eigenvalue weighted by atomic mass is 35.5. The van der Waals surface area contributed by atoms with Crippen molar-refractivity contribution >= 4 is 27.5 Å². The van der Waals surface area contributed by atoms with Crippen LogP contribution in [-0.4, -0.2) is 32.2 Å². The van der Waals surface area contributed by atoms with Gasteiger partial charge in [-0.2, -0.15) is 4.31 Å². The molecule has 156 valence electrons. The van der Waals surface area contributed by atoms with Crippen molar-refractivity contribution in [2.24, 2.45) is 0 Å². The van der Waals surface area contributed by atoms with Crippen molar-refractivity contribution in [1.29, 1.82) is 0 Å². The quantitative estimate of drug-likeness (QED) is 0.597. The zero-order chi connectivity index (χ0) is 21.7. The Balaban J connectivity index is 1.80. The van der Waals surface area contributed by atoms with Gasteiger partial charge in [0.1, 0.15) is 0 Å². The molecule has 0 bridgehead atoms. The molecule has 7 heteroatoms. The zero-order valence-corrected chi connectivity index (χ0v) is 18.3. The van der Waals surface area contributed by atoms with E-state index < -0.39 is 15.9 Å². The summed E-state index contributed by atoms with van der Waals surface area (Å²) in [4.78, 5) is 12.9. The minimum Gasteiger partial charge on any atom is -0.344 e. The van der Waals surface area contributed by atoms with Gasteiger partial charge in [0.05, 0.1) is 17.5 Å². The normalized spacial score (nSPS) is 12.5. The van der Waals surface area contributed by atoms with E-state index in [1.807, 2.05) is 61.5 Å². The van der Waals surface area contributed by atoms with Gasteiger partial charge < -0.3 is 5.32 Å². The molecule has 0 saturated carbocycles. The van der Waals surface area contributed by atoms with Gasteiger partial charge in [0.2, 0.25) is 15.9 Å². The van der Waals surface area contributed by atoms with Crippen molar-refractivity contribution < 1.29 is 13.2 Å². The molecule has 5 nitrogen and oxygen atoms in total. The van der Waals surface area contributed by atoms with E-state index in [4.69, 9.17) is 11.6 Å². The summed E-state index contributed by atoms with van der Waals surface area (Å²) in [5, 5.41) is 3.42. The largest absolute Gasteiger partial charge is 0.344 e. The summed E-state index contributed by atoms with van der Waals surface area (Å²) >= 11 is 5.84. The molecule has 0 radical (unpaired) electrons. The maximum atomic E-state index is 12.8. The van der Waals surface area contributed by atoms with Gasteiger partial charge in [-0.05, 0) is 42.3 Å². The van der Waals surface area contributed by atoms with E-state index in [9.17, 15) is 13.2 Å². The summed E-state index contributed by atoms with van der Waals surface area (Å²) in [6.45, 7) is 1.68. The van der Waals surface area contributed by atoms with Crippen molar-refractivity contribution in [3.63, 3.8) is 0 Å². The van der Waals surface area contributed by atoms with Crippen molar-refractivity contribution in [1.82, 2.24) is 9.62 Å². The van der Waals surface area contributed by atoms with Crippen LogP contribution in [0.15, 0.2) is 83.8 Å². The van der Waals surface area contributed by atoms with Crippen LogP contribution < -0.4 is 5.32 Å². The van der Waals surface area contributed by atoms with Crippen LogP contribution in [0.4, 0.5) is 0 Å². The summed E-state index contributed by atoms with van der Waals surface area (Å²) in [5.74, 6) is -0.398. The predicted octanol–water partition coefficient (Wildman–Crippen LogP) is 4.17. The molecule has 0 fully saturated rings. The second-order valence-corrected chi connectivity index (χ2v) is 9.52. The highest BCUT2D eigenvalue weighted by Crippen LogP contribution is 2.23. The number of nitrogens with zero attached hydrogens (tertiary/aromatic N) is 1. The molecule has 3 rings (SSSR count). The molecule has 0 spiro atoms. The van der Waals surface area contributed by atoms with Crippen LogP contribution in [0.2, 0.25) is 5.02 Å². The summed E-state index contributed by atoms with van der Waals surface area (Å²) in [6.07, 6.45) is 0. The Hall–Kier alpha value is -2.67. The van der Waals surface area contributed by atoms with E-state index in [2.05, 4.69) is 5.32 Å². The molecule has 3 aromatic carbocycles. The van der Waals surface area contributed by atoms with Crippen molar-refractivity contribution in [3.05, 3.63) is 101 Å². The van der Waals surface area contributed by atoms with Gasteiger partial charge >= 0.3 is 0 Å². The van der Waals surface area contributed by atoms with E-state index in [0.717, 1.165) is 21.0 Å². The van der Waals surface area contributed by atoms with Crippen molar-refractivity contribution in [2.75, 3.05) is 13.6 Å². The number of sulfonamides is 1. The van der Waals surface area contributed by atoms with Gasteiger partial charge in [-0.15, -0.1) is 0 Å². The molecule has 1 N–H and O–H groups in total. The van der Waals surface area contributed by atoms with E-state index in [-0.39, 0.29) is 17.5 Å². The first kappa shape index (κ1) is 22.0. The van der Waals surface area contributed by atoms with Gasteiger partial charge in [-0.1, -0.05) is 71.8 Å². The number of rotatable bonds is 7. The number of likely N-dealkylation sites (N-methyl/N-ethyl adjacent to an activating group) is 1. The Morgan fingerprint density at radius 3 is 2.23 bits per heavy atom. The van der Waals surface area contributed by atoms with Crippen LogP contribution in [0.1, 0.15) is 22.7 Å². The SMILES string of the molecule is Cc1cccc([C@H](NC(=O)CN(C)S(=O)(=O)c2ccc(Cl)cc2)c2ccccc2)c1. The lowest BCUT2D eigenvalue weighted by Crippen LogP contribution is -2.40. The summed E-state index contributed by atoms with van der Waals surface area (Å²) in [7, 11) is -2.43. The summed E-state index contributed by atoms with van der Waals surface area (Å²) in [6, 6.07) is 22.9. The topological polar surface area (TPSA) is 66.5 Å². The van der Waals surface area contributed by atoms with E-state index >= 15 is 0 Å². The number of benzene rings is 3. The lowest BCUT2D eigenvalue weighted by molar-refractivity contribution is -0.121. The second-order valence-electron chi connectivity index (χ2n) is 7.04. The summed E-state index contributed by atoms with van der Waals surface area (Å²) < 4.78 is 26.5. The Labute approximate surface area is 182 Å². The molecule has 0 heterocycles. The molecule has 3 aromatic rings. The Morgan fingerprint density at radius 2 is 1.60 bits per heavy atom. The average molecular weight is 443 g/mol. The van der Waals surface area contributed by atoms with E-state index in [1.54, 1.807) is 0 Å². The maximum Gasteiger partial charge on any atom is 0.243 e. The van der Waals surface area contributed by atoms with Crippen LogP contribution in [0.3, 0.4) is 0 Å². The zero-order valence-electron chi connectivity index (χ0n) is 16.7. The fraction of sp³-hybridized carbons (Fsp3) is 0.174. The Bertz CT molecular complexity index is 1120. The first-order valence-corrected chi connectivity index (χ1v) is 11.2. The number of hydrogen-bond acceptors (Lipinski definition) is 3. The Morgan fingerprint density at radius 1 is 0.967 bits per heavy atom.